The Morgan fingerprint density at radius 3 is 2.92 bits per heavy atom. The van der Waals surface area contributed by atoms with Crippen LogP contribution >= 0.6 is 15.9 Å². The second kappa shape index (κ2) is 7.30. The fraction of sp³-hybridized carbons (Fsp3) is 0.278. The molecular weight excluding hydrogens is 380 g/mol. The fourth-order valence-corrected chi connectivity index (χ4v) is 3.41. The summed E-state index contributed by atoms with van der Waals surface area (Å²) in [4.78, 5) is 12.3. The van der Waals surface area contributed by atoms with E-state index in [4.69, 9.17) is 0 Å². The fourth-order valence-electron chi connectivity index (χ4n) is 3.00. The topological polar surface area (TPSA) is 38.3 Å². The number of nitrogens with one attached hydrogen (secondary N) is 1. The van der Waals surface area contributed by atoms with Gasteiger partial charge in [0, 0.05) is 4.47 Å². The zero-order valence-electron chi connectivity index (χ0n) is 12.8. The molecule has 0 bridgehead atoms. The van der Waals surface area contributed by atoms with Crippen LogP contribution in [-0.2, 0) is 17.6 Å². The summed E-state index contributed by atoms with van der Waals surface area (Å²) in [7, 11) is 0. The van der Waals surface area contributed by atoms with Gasteiger partial charge < -0.3 is 10.1 Å². The van der Waals surface area contributed by atoms with Crippen molar-refractivity contribution in [2.45, 2.75) is 31.9 Å². The smallest absolute Gasteiger partial charge is 0.387 e. The summed E-state index contributed by atoms with van der Waals surface area (Å²) in [5, 5.41) is 3.02. The SMILES string of the molecule is O=C(Cc1cccc(OC(F)F)c1)NC1CCc2cc(Br)ccc21. The molecular formula is C18H16BrF2NO2. The number of amides is 1. The van der Waals surface area contributed by atoms with Crippen LogP contribution < -0.4 is 10.1 Å². The number of benzene rings is 2. The van der Waals surface area contributed by atoms with Crippen LogP contribution in [0.15, 0.2) is 46.9 Å². The third kappa shape index (κ3) is 4.12. The van der Waals surface area contributed by atoms with Gasteiger partial charge in [-0.05, 0) is 53.8 Å². The summed E-state index contributed by atoms with van der Waals surface area (Å²) in [5.41, 5.74) is 3.02. The van der Waals surface area contributed by atoms with E-state index >= 15 is 0 Å². The summed E-state index contributed by atoms with van der Waals surface area (Å²) in [6.07, 6.45) is 1.92. The Balaban J connectivity index is 1.63. The lowest BCUT2D eigenvalue weighted by atomic mass is 10.1. The molecule has 1 unspecified atom stereocenters. The van der Waals surface area contributed by atoms with Crippen LogP contribution in [0.4, 0.5) is 8.78 Å². The average molecular weight is 396 g/mol. The van der Waals surface area contributed by atoms with Crippen LogP contribution in [0.1, 0.15) is 29.2 Å². The zero-order chi connectivity index (χ0) is 17.1. The van der Waals surface area contributed by atoms with E-state index in [1.807, 2.05) is 12.1 Å². The van der Waals surface area contributed by atoms with E-state index in [1.165, 1.54) is 17.7 Å². The molecule has 24 heavy (non-hydrogen) atoms. The molecule has 2 aromatic carbocycles. The minimum atomic E-state index is -2.87. The van der Waals surface area contributed by atoms with E-state index in [1.54, 1.807) is 12.1 Å². The molecule has 3 rings (SSSR count). The Morgan fingerprint density at radius 2 is 2.12 bits per heavy atom. The number of hydrogen-bond donors (Lipinski definition) is 1. The van der Waals surface area contributed by atoms with E-state index in [2.05, 4.69) is 32.0 Å². The third-order valence-electron chi connectivity index (χ3n) is 4.01. The molecule has 3 nitrogen and oxygen atoms in total. The highest BCUT2D eigenvalue weighted by Gasteiger charge is 2.24. The van der Waals surface area contributed by atoms with Gasteiger partial charge in [0.1, 0.15) is 5.75 Å². The first kappa shape index (κ1) is 16.9. The molecule has 0 saturated heterocycles. The summed E-state index contributed by atoms with van der Waals surface area (Å²) >= 11 is 3.45. The molecule has 0 saturated carbocycles. The van der Waals surface area contributed by atoms with Gasteiger partial charge in [0.2, 0.25) is 5.91 Å². The largest absolute Gasteiger partial charge is 0.435 e. The number of halogens is 3. The minimum Gasteiger partial charge on any atom is -0.435 e. The van der Waals surface area contributed by atoms with Gasteiger partial charge in [0.05, 0.1) is 12.5 Å². The van der Waals surface area contributed by atoms with E-state index in [9.17, 15) is 13.6 Å². The predicted octanol–water partition coefficient (Wildman–Crippen LogP) is 4.40. The first-order chi connectivity index (χ1) is 11.5. The quantitative estimate of drug-likeness (QED) is 0.814. The van der Waals surface area contributed by atoms with Gasteiger partial charge in [-0.2, -0.15) is 8.78 Å². The van der Waals surface area contributed by atoms with Gasteiger partial charge in [0.25, 0.3) is 0 Å². The van der Waals surface area contributed by atoms with Crippen LogP contribution in [0.25, 0.3) is 0 Å². The van der Waals surface area contributed by atoms with Crippen molar-refractivity contribution < 1.29 is 18.3 Å². The van der Waals surface area contributed by atoms with E-state index in [0.717, 1.165) is 22.9 Å². The molecule has 0 spiro atoms. The molecule has 1 N–H and O–H groups in total. The number of alkyl halides is 2. The molecule has 0 radical (unpaired) electrons. The van der Waals surface area contributed by atoms with Crippen molar-refractivity contribution in [3.63, 3.8) is 0 Å². The normalized spacial score (nSPS) is 16.1. The van der Waals surface area contributed by atoms with Gasteiger partial charge >= 0.3 is 6.61 Å². The van der Waals surface area contributed by atoms with Crippen molar-refractivity contribution in [1.29, 1.82) is 0 Å². The summed E-state index contributed by atoms with van der Waals surface area (Å²) in [5.74, 6) is -0.0728. The van der Waals surface area contributed by atoms with Crippen LogP contribution in [0.5, 0.6) is 5.75 Å². The third-order valence-corrected chi connectivity index (χ3v) is 4.50. The van der Waals surface area contributed by atoms with Crippen LogP contribution in [-0.4, -0.2) is 12.5 Å². The van der Waals surface area contributed by atoms with Crippen molar-refractivity contribution in [3.8, 4) is 5.75 Å². The highest BCUT2D eigenvalue weighted by atomic mass is 79.9. The molecule has 1 aliphatic carbocycles. The Hall–Kier alpha value is -1.95. The predicted molar refractivity (Wildman–Crippen MR) is 90.1 cm³/mol. The standard InChI is InChI=1S/C18H16BrF2NO2/c19-13-5-6-15-12(10-13)4-7-16(15)22-17(23)9-11-2-1-3-14(8-11)24-18(20)21/h1-3,5-6,8,10,16,18H,4,7,9H2,(H,22,23). The lowest BCUT2D eigenvalue weighted by molar-refractivity contribution is -0.121. The first-order valence-electron chi connectivity index (χ1n) is 7.63. The van der Waals surface area contributed by atoms with Crippen LogP contribution in [0.3, 0.4) is 0 Å². The van der Waals surface area contributed by atoms with Crippen molar-refractivity contribution in [2.24, 2.45) is 0 Å². The van der Waals surface area contributed by atoms with Gasteiger partial charge in [-0.15, -0.1) is 0 Å². The molecule has 0 aromatic heterocycles. The molecule has 1 aliphatic rings. The van der Waals surface area contributed by atoms with Gasteiger partial charge in [-0.25, -0.2) is 0 Å². The molecule has 0 heterocycles. The van der Waals surface area contributed by atoms with E-state index < -0.39 is 6.61 Å². The molecule has 0 aliphatic heterocycles. The monoisotopic (exact) mass is 395 g/mol. The van der Waals surface area contributed by atoms with Crippen LogP contribution in [0.2, 0.25) is 0 Å². The number of fused-ring (bicyclic) bond motifs is 1. The summed E-state index contributed by atoms with van der Waals surface area (Å²) in [6, 6.07) is 12.3. The minimum absolute atomic E-state index is 0.00102. The first-order valence-corrected chi connectivity index (χ1v) is 8.42. The van der Waals surface area contributed by atoms with Gasteiger partial charge in [-0.3, -0.25) is 4.79 Å². The average Bonchev–Trinajstić information content (AvgIpc) is 2.88. The number of carbonyl (C=O) groups excluding carboxylic acids is 1. The maximum absolute atomic E-state index is 12.3. The number of hydrogen-bond acceptors (Lipinski definition) is 2. The molecule has 0 fully saturated rings. The maximum atomic E-state index is 12.3. The van der Waals surface area contributed by atoms with E-state index in [-0.39, 0.29) is 24.1 Å². The number of rotatable bonds is 5. The Labute approximate surface area is 147 Å². The number of ether oxygens (including phenoxy) is 1. The Kier molecular flexibility index (Phi) is 5.14. The second-order valence-electron chi connectivity index (χ2n) is 5.70. The van der Waals surface area contributed by atoms with Gasteiger partial charge in [-0.1, -0.05) is 34.1 Å². The van der Waals surface area contributed by atoms with Crippen molar-refractivity contribution in [3.05, 3.63) is 63.6 Å². The number of carbonyl (C=O) groups is 1. The highest BCUT2D eigenvalue weighted by Crippen LogP contribution is 2.33. The maximum Gasteiger partial charge on any atom is 0.387 e. The van der Waals surface area contributed by atoms with E-state index in [0.29, 0.717) is 5.56 Å². The Bertz CT molecular complexity index is 752. The number of aryl methyl sites for hydroxylation is 1. The van der Waals surface area contributed by atoms with Gasteiger partial charge in [0.15, 0.2) is 0 Å². The molecule has 126 valence electrons. The molecule has 1 amide bonds. The Morgan fingerprint density at radius 1 is 1.29 bits per heavy atom. The highest BCUT2D eigenvalue weighted by molar-refractivity contribution is 9.10. The zero-order valence-corrected chi connectivity index (χ0v) is 14.4. The van der Waals surface area contributed by atoms with Crippen LogP contribution in [0, 0.1) is 0 Å². The summed E-state index contributed by atoms with van der Waals surface area (Å²) in [6.45, 7) is -2.87. The summed E-state index contributed by atoms with van der Waals surface area (Å²) < 4.78 is 29.9. The lowest BCUT2D eigenvalue weighted by Gasteiger charge is -2.14. The molecule has 6 heteroatoms. The van der Waals surface area contributed by atoms with Crippen molar-refractivity contribution >= 4 is 21.8 Å². The lowest BCUT2D eigenvalue weighted by Crippen LogP contribution is -2.28. The second-order valence-corrected chi connectivity index (χ2v) is 6.62. The molecule has 2 aromatic rings. The molecule has 1 atom stereocenters. The van der Waals surface area contributed by atoms with Crippen molar-refractivity contribution in [1.82, 2.24) is 5.32 Å². The van der Waals surface area contributed by atoms with Crippen molar-refractivity contribution in [2.75, 3.05) is 0 Å².